The van der Waals surface area contributed by atoms with E-state index in [4.69, 9.17) is 4.42 Å². The van der Waals surface area contributed by atoms with Gasteiger partial charge in [0.2, 0.25) is 0 Å². The highest BCUT2D eigenvalue weighted by atomic mass is 16.3. The predicted octanol–water partition coefficient (Wildman–Crippen LogP) is 3.62. The number of benzene rings is 2. The molecule has 0 bridgehead atoms. The molecule has 2 aromatic carbocycles. The fourth-order valence-corrected chi connectivity index (χ4v) is 3.28. The molecule has 0 aliphatic carbocycles. The molecule has 0 spiro atoms. The lowest BCUT2D eigenvalue weighted by molar-refractivity contribution is -0.120. The lowest BCUT2D eigenvalue weighted by Crippen LogP contribution is -2.44. The average molecular weight is 429 g/mol. The van der Waals surface area contributed by atoms with Gasteiger partial charge < -0.3 is 9.73 Å². The number of anilines is 1. The Morgan fingerprint density at radius 2 is 1.78 bits per heavy atom. The minimum atomic E-state index is -0.501. The molecule has 2 amide bonds. The van der Waals surface area contributed by atoms with Crippen molar-refractivity contribution in [3.63, 3.8) is 0 Å². The summed E-state index contributed by atoms with van der Waals surface area (Å²) in [6.07, 6.45) is 1.54. The van der Waals surface area contributed by atoms with E-state index in [1.165, 1.54) is 4.68 Å². The maximum Gasteiger partial charge on any atom is 0.288 e. The van der Waals surface area contributed by atoms with Crippen molar-refractivity contribution in [1.82, 2.24) is 20.6 Å². The van der Waals surface area contributed by atoms with Crippen LogP contribution in [0.2, 0.25) is 0 Å². The molecule has 0 fully saturated rings. The molecule has 4 aromatic rings. The van der Waals surface area contributed by atoms with Crippen LogP contribution in [0.1, 0.15) is 21.6 Å². The zero-order chi connectivity index (χ0) is 22.5. The van der Waals surface area contributed by atoms with E-state index in [1.807, 2.05) is 62.4 Å². The molecular formula is C24H23N5O3. The van der Waals surface area contributed by atoms with E-state index in [0.29, 0.717) is 17.1 Å². The second kappa shape index (κ2) is 9.22. The van der Waals surface area contributed by atoms with Gasteiger partial charge in [0, 0.05) is 11.8 Å². The van der Waals surface area contributed by atoms with Gasteiger partial charge in [-0.1, -0.05) is 35.9 Å². The zero-order valence-electron chi connectivity index (χ0n) is 17.8. The smallest absolute Gasteiger partial charge is 0.288 e. The molecule has 32 heavy (non-hydrogen) atoms. The van der Waals surface area contributed by atoms with Gasteiger partial charge in [0.1, 0.15) is 11.4 Å². The van der Waals surface area contributed by atoms with Crippen LogP contribution < -0.4 is 16.2 Å². The lowest BCUT2D eigenvalue weighted by atomic mass is 10.1. The van der Waals surface area contributed by atoms with Gasteiger partial charge in [-0.3, -0.25) is 20.4 Å². The summed E-state index contributed by atoms with van der Waals surface area (Å²) >= 11 is 0. The Morgan fingerprint density at radius 3 is 2.50 bits per heavy atom. The van der Waals surface area contributed by atoms with Crippen LogP contribution in [-0.2, 0) is 4.79 Å². The van der Waals surface area contributed by atoms with Crippen molar-refractivity contribution < 1.29 is 14.0 Å². The van der Waals surface area contributed by atoms with Crippen molar-refractivity contribution in [2.45, 2.75) is 13.8 Å². The number of amides is 2. The largest absolute Gasteiger partial charge is 0.463 e. The Morgan fingerprint density at radius 1 is 0.969 bits per heavy atom. The maximum absolute atomic E-state index is 12.9. The third-order valence-corrected chi connectivity index (χ3v) is 4.85. The number of hydrogen-bond acceptors (Lipinski definition) is 5. The summed E-state index contributed by atoms with van der Waals surface area (Å²) in [5, 5.41) is 7.57. The number of aromatic nitrogens is 2. The minimum Gasteiger partial charge on any atom is -0.463 e. The first-order valence-corrected chi connectivity index (χ1v) is 10.1. The summed E-state index contributed by atoms with van der Waals surface area (Å²) in [4.78, 5) is 25.1. The molecule has 0 atom stereocenters. The number of furan rings is 1. The number of para-hydroxylation sites is 1. The van der Waals surface area contributed by atoms with Gasteiger partial charge in [-0.15, -0.1) is 0 Å². The number of nitrogens with one attached hydrogen (secondary N) is 3. The third-order valence-electron chi connectivity index (χ3n) is 4.85. The van der Waals surface area contributed by atoms with Crippen molar-refractivity contribution in [3.8, 4) is 17.1 Å². The molecule has 4 rings (SSSR count). The van der Waals surface area contributed by atoms with Crippen molar-refractivity contribution >= 4 is 17.5 Å². The van der Waals surface area contributed by atoms with Crippen molar-refractivity contribution in [2.24, 2.45) is 0 Å². The number of hydrogen-bond donors (Lipinski definition) is 3. The molecular weight excluding hydrogens is 406 g/mol. The summed E-state index contributed by atoms with van der Waals surface area (Å²) in [5.41, 5.74) is 9.42. The van der Waals surface area contributed by atoms with E-state index in [-0.39, 0.29) is 18.1 Å². The van der Waals surface area contributed by atoms with E-state index in [2.05, 4.69) is 21.3 Å². The summed E-state index contributed by atoms with van der Waals surface area (Å²) in [6.45, 7) is 3.99. The van der Waals surface area contributed by atoms with Crippen molar-refractivity contribution in [1.29, 1.82) is 0 Å². The van der Waals surface area contributed by atoms with E-state index in [1.54, 1.807) is 24.5 Å². The van der Waals surface area contributed by atoms with Gasteiger partial charge in [0.15, 0.2) is 5.76 Å². The fourth-order valence-electron chi connectivity index (χ4n) is 3.28. The highest BCUT2D eigenvalue weighted by Gasteiger charge is 2.19. The quantitative estimate of drug-likeness (QED) is 0.407. The molecule has 0 radical (unpaired) electrons. The van der Waals surface area contributed by atoms with Crippen LogP contribution in [0.4, 0.5) is 5.69 Å². The van der Waals surface area contributed by atoms with Crippen LogP contribution in [0.15, 0.2) is 77.4 Å². The number of aryl methyl sites for hydroxylation is 2. The van der Waals surface area contributed by atoms with Gasteiger partial charge in [-0.25, -0.2) is 4.68 Å². The monoisotopic (exact) mass is 429 g/mol. The molecule has 2 heterocycles. The molecule has 0 aliphatic rings. The SMILES string of the molecule is Cc1ccc(NCC(=O)NNC(=O)c2cc(-c3ccco3)nn2-c2ccccc2)c(C)c1. The topological polar surface area (TPSA) is 101 Å². The first-order chi connectivity index (χ1) is 15.5. The van der Waals surface area contributed by atoms with Crippen LogP contribution in [-0.4, -0.2) is 28.1 Å². The Kier molecular flexibility index (Phi) is 6.03. The van der Waals surface area contributed by atoms with Gasteiger partial charge in [-0.2, -0.15) is 5.10 Å². The Bertz CT molecular complexity index is 1230. The number of nitrogens with zero attached hydrogens (tertiary/aromatic N) is 2. The molecule has 0 unspecified atom stereocenters. The maximum atomic E-state index is 12.9. The minimum absolute atomic E-state index is 0.0137. The molecule has 0 aliphatic heterocycles. The Balaban J connectivity index is 1.45. The van der Waals surface area contributed by atoms with Gasteiger partial charge >= 0.3 is 0 Å². The molecule has 162 valence electrons. The molecule has 8 heteroatoms. The van der Waals surface area contributed by atoms with Gasteiger partial charge in [0.05, 0.1) is 18.5 Å². The average Bonchev–Trinajstić information content (AvgIpc) is 3.47. The summed E-state index contributed by atoms with van der Waals surface area (Å²) in [6, 6.07) is 20.3. The van der Waals surface area contributed by atoms with Crippen LogP contribution in [0.5, 0.6) is 0 Å². The second-order valence-corrected chi connectivity index (χ2v) is 7.31. The Hall–Kier alpha value is -4.33. The highest BCUT2D eigenvalue weighted by molar-refractivity contribution is 5.95. The van der Waals surface area contributed by atoms with Crippen LogP contribution in [0, 0.1) is 13.8 Å². The van der Waals surface area contributed by atoms with E-state index in [9.17, 15) is 9.59 Å². The van der Waals surface area contributed by atoms with E-state index < -0.39 is 5.91 Å². The Labute approximate surface area is 185 Å². The zero-order valence-corrected chi connectivity index (χ0v) is 17.8. The number of carbonyl (C=O) groups excluding carboxylic acids is 2. The molecule has 2 aromatic heterocycles. The standard InChI is InChI=1S/C24H23N5O3/c1-16-10-11-19(17(2)13-16)25-15-23(30)26-27-24(31)21-14-20(22-9-6-12-32-22)28-29(21)18-7-4-3-5-8-18/h3-14,25H,15H2,1-2H3,(H,26,30)(H,27,31). The van der Waals surface area contributed by atoms with Gasteiger partial charge in [-0.05, 0) is 49.7 Å². The molecule has 0 saturated heterocycles. The van der Waals surface area contributed by atoms with Crippen LogP contribution in [0.3, 0.4) is 0 Å². The number of carbonyl (C=O) groups is 2. The van der Waals surface area contributed by atoms with Crippen LogP contribution >= 0.6 is 0 Å². The van der Waals surface area contributed by atoms with E-state index >= 15 is 0 Å². The molecule has 8 nitrogen and oxygen atoms in total. The molecule has 3 N–H and O–H groups in total. The summed E-state index contributed by atoms with van der Waals surface area (Å²) in [7, 11) is 0. The van der Waals surface area contributed by atoms with Crippen molar-refractivity contribution in [2.75, 3.05) is 11.9 Å². The second-order valence-electron chi connectivity index (χ2n) is 7.31. The van der Waals surface area contributed by atoms with Crippen LogP contribution in [0.25, 0.3) is 17.1 Å². The first kappa shape index (κ1) is 20.9. The van der Waals surface area contributed by atoms with E-state index in [0.717, 1.165) is 16.8 Å². The van der Waals surface area contributed by atoms with Gasteiger partial charge in [0.25, 0.3) is 11.8 Å². The summed E-state index contributed by atoms with van der Waals surface area (Å²) in [5.74, 6) is -0.343. The number of rotatable bonds is 6. The number of hydrazine groups is 1. The summed E-state index contributed by atoms with van der Waals surface area (Å²) < 4.78 is 6.91. The highest BCUT2D eigenvalue weighted by Crippen LogP contribution is 2.22. The lowest BCUT2D eigenvalue weighted by Gasteiger charge is -2.12. The molecule has 0 saturated carbocycles. The van der Waals surface area contributed by atoms with Crippen molar-refractivity contribution in [3.05, 3.63) is 89.8 Å². The first-order valence-electron chi connectivity index (χ1n) is 10.1. The normalized spacial score (nSPS) is 10.6. The fraction of sp³-hybridized carbons (Fsp3) is 0.125. The predicted molar refractivity (Wildman–Crippen MR) is 121 cm³/mol. The third kappa shape index (κ3) is 4.70.